The maximum atomic E-state index is 11.7. The van der Waals surface area contributed by atoms with Crippen molar-refractivity contribution in [2.75, 3.05) is 20.8 Å². The predicted octanol–water partition coefficient (Wildman–Crippen LogP) is 0.0137. The molecule has 1 atom stereocenters. The number of methoxy groups -OCH3 is 1. The Morgan fingerprint density at radius 1 is 1.56 bits per heavy atom. The summed E-state index contributed by atoms with van der Waals surface area (Å²) in [5, 5.41) is 0. The zero-order valence-corrected chi connectivity index (χ0v) is 9.59. The summed E-state index contributed by atoms with van der Waals surface area (Å²) in [6.07, 6.45) is 3.39. The van der Waals surface area contributed by atoms with Crippen molar-refractivity contribution in [1.82, 2.24) is 9.88 Å². The van der Waals surface area contributed by atoms with Crippen LogP contribution >= 0.6 is 0 Å². The van der Waals surface area contributed by atoms with Crippen molar-refractivity contribution in [1.29, 1.82) is 0 Å². The molecule has 0 radical (unpaired) electrons. The van der Waals surface area contributed by atoms with Crippen molar-refractivity contribution in [3.63, 3.8) is 0 Å². The molecule has 5 nitrogen and oxygen atoms in total. The van der Waals surface area contributed by atoms with Crippen LogP contribution in [0.2, 0.25) is 0 Å². The van der Waals surface area contributed by atoms with Crippen molar-refractivity contribution in [3.8, 4) is 0 Å². The van der Waals surface area contributed by atoms with Gasteiger partial charge in [0.2, 0.25) is 5.91 Å². The molecule has 0 aliphatic heterocycles. The molecule has 0 aromatic carbocycles. The molecule has 1 rings (SSSR count). The Bertz CT molecular complexity index is 329. The number of pyridine rings is 1. The molecule has 1 heterocycles. The van der Waals surface area contributed by atoms with Gasteiger partial charge in [-0.2, -0.15) is 0 Å². The summed E-state index contributed by atoms with van der Waals surface area (Å²) in [7, 11) is 3.24. The van der Waals surface area contributed by atoms with Gasteiger partial charge < -0.3 is 15.4 Å². The fraction of sp³-hybridized carbons (Fsp3) is 0.455. The molecule has 0 spiro atoms. The lowest BCUT2D eigenvalue weighted by atomic mass is 10.2. The Labute approximate surface area is 95.2 Å². The Hall–Kier alpha value is -1.46. The number of hydrogen-bond donors (Lipinski definition) is 1. The van der Waals surface area contributed by atoms with E-state index in [0.717, 1.165) is 5.56 Å². The number of likely N-dealkylation sites (N-methyl/N-ethyl adjacent to an activating group) is 1. The molecule has 0 fully saturated rings. The minimum atomic E-state index is -0.600. The van der Waals surface area contributed by atoms with E-state index in [0.29, 0.717) is 6.54 Å². The maximum Gasteiger partial charge on any atom is 0.241 e. The Kier molecular flexibility index (Phi) is 4.88. The van der Waals surface area contributed by atoms with Gasteiger partial charge in [0.1, 0.15) is 6.04 Å². The van der Waals surface area contributed by atoms with E-state index >= 15 is 0 Å². The molecule has 0 bridgehead atoms. The second-order valence-corrected chi connectivity index (χ2v) is 3.61. The van der Waals surface area contributed by atoms with Crippen molar-refractivity contribution in [2.24, 2.45) is 5.73 Å². The van der Waals surface area contributed by atoms with Gasteiger partial charge in [-0.05, 0) is 17.7 Å². The van der Waals surface area contributed by atoms with Crippen LogP contribution in [0.25, 0.3) is 0 Å². The van der Waals surface area contributed by atoms with Gasteiger partial charge in [-0.25, -0.2) is 0 Å². The molecule has 1 aromatic rings. The number of nitrogens with two attached hydrogens (primary N) is 1. The van der Waals surface area contributed by atoms with Crippen molar-refractivity contribution < 1.29 is 9.53 Å². The number of rotatable bonds is 5. The highest BCUT2D eigenvalue weighted by Gasteiger charge is 2.17. The number of aromatic nitrogens is 1. The average Bonchev–Trinajstić information content (AvgIpc) is 2.29. The third kappa shape index (κ3) is 3.60. The number of amides is 1. The average molecular weight is 223 g/mol. The molecule has 5 heteroatoms. The van der Waals surface area contributed by atoms with E-state index in [1.165, 1.54) is 7.11 Å². The largest absolute Gasteiger partial charge is 0.383 e. The van der Waals surface area contributed by atoms with Crippen molar-refractivity contribution >= 4 is 5.91 Å². The fourth-order valence-electron chi connectivity index (χ4n) is 1.37. The van der Waals surface area contributed by atoms with E-state index in [1.54, 1.807) is 24.3 Å². The Morgan fingerprint density at radius 2 is 2.19 bits per heavy atom. The highest BCUT2D eigenvalue weighted by Crippen LogP contribution is 2.02. The van der Waals surface area contributed by atoms with Crippen LogP contribution in [0.4, 0.5) is 0 Å². The number of carbonyl (C=O) groups is 1. The summed E-state index contributed by atoms with van der Waals surface area (Å²) in [4.78, 5) is 17.2. The van der Waals surface area contributed by atoms with E-state index in [2.05, 4.69) is 4.98 Å². The molecule has 16 heavy (non-hydrogen) atoms. The lowest BCUT2D eigenvalue weighted by Crippen LogP contribution is -2.44. The molecule has 0 aliphatic rings. The van der Waals surface area contributed by atoms with Gasteiger partial charge in [0.25, 0.3) is 0 Å². The molecule has 1 aromatic heterocycles. The van der Waals surface area contributed by atoms with E-state index in [4.69, 9.17) is 10.5 Å². The molecule has 88 valence electrons. The predicted molar refractivity (Wildman–Crippen MR) is 60.6 cm³/mol. The minimum Gasteiger partial charge on any atom is -0.383 e. The van der Waals surface area contributed by atoms with Crippen LogP contribution in [0.1, 0.15) is 5.56 Å². The van der Waals surface area contributed by atoms with Gasteiger partial charge in [0, 0.05) is 33.1 Å². The second-order valence-electron chi connectivity index (χ2n) is 3.61. The lowest BCUT2D eigenvalue weighted by molar-refractivity contribution is -0.132. The molecular weight excluding hydrogens is 206 g/mol. The topological polar surface area (TPSA) is 68.5 Å². The lowest BCUT2D eigenvalue weighted by Gasteiger charge is -2.20. The summed E-state index contributed by atoms with van der Waals surface area (Å²) in [5.74, 6) is -0.126. The van der Waals surface area contributed by atoms with Crippen LogP contribution in [0.5, 0.6) is 0 Å². The Morgan fingerprint density at radius 3 is 2.75 bits per heavy atom. The van der Waals surface area contributed by atoms with Gasteiger partial charge in [0.05, 0.1) is 6.61 Å². The fourth-order valence-corrected chi connectivity index (χ4v) is 1.37. The van der Waals surface area contributed by atoms with Crippen molar-refractivity contribution in [2.45, 2.75) is 12.6 Å². The highest BCUT2D eigenvalue weighted by atomic mass is 16.5. The molecule has 0 saturated carbocycles. The van der Waals surface area contributed by atoms with Crippen LogP contribution in [0.3, 0.4) is 0 Å². The third-order valence-corrected chi connectivity index (χ3v) is 2.21. The van der Waals surface area contributed by atoms with E-state index in [1.807, 2.05) is 12.1 Å². The SMILES string of the molecule is COCC(N)C(=O)N(C)Cc1ccncc1. The number of hydrogen-bond acceptors (Lipinski definition) is 4. The molecule has 0 aliphatic carbocycles. The molecular formula is C11H17N3O2. The normalized spacial score (nSPS) is 12.2. The van der Waals surface area contributed by atoms with E-state index in [9.17, 15) is 4.79 Å². The van der Waals surface area contributed by atoms with Crippen molar-refractivity contribution in [3.05, 3.63) is 30.1 Å². The minimum absolute atomic E-state index is 0.126. The summed E-state index contributed by atoms with van der Waals surface area (Å²) < 4.78 is 4.84. The first kappa shape index (κ1) is 12.6. The summed E-state index contributed by atoms with van der Waals surface area (Å²) >= 11 is 0. The smallest absolute Gasteiger partial charge is 0.241 e. The summed E-state index contributed by atoms with van der Waals surface area (Å²) in [6, 6.07) is 3.13. The molecule has 1 unspecified atom stereocenters. The third-order valence-electron chi connectivity index (χ3n) is 2.21. The van der Waals surface area contributed by atoms with Gasteiger partial charge >= 0.3 is 0 Å². The van der Waals surface area contributed by atoms with E-state index in [-0.39, 0.29) is 12.5 Å². The zero-order valence-electron chi connectivity index (χ0n) is 9.59. The molecule has 2 N–H and O–H groups in total. The molecule has 0 saturated heterocycles. The number of carbonyl (C=O) groups excluding carboxylic acids is 1. The van der Waals surface area contributed by atoms with Gasteiger partial charge in [-0.3, -0.25) is 9.78 Å². The summed E-state index contributed by atoms with van der Waals surface area (Å²) in [5.41, 5.74) is 6.68. The zero-order chi connectivity index (χ0) is 12.0. The number of ether oxygens (including phenoxy) is 1. The molecule has 1 amide bonds. The van der Waals surface area contributed by atoms with E-state index < -0.39 is 6.04 Å². The number of nitrogens with zero attached hydrogens (tertiary/aromatic N) is 2. The van der Waals surface area contributed by atoms with Crippen LogP contribution < -0.4 is 5.73 Å². The maximum absolute atomic E-state index is 11.7. The van der Waals surface area contributed by atoms with Gasteiger partial charge in [-0.15, -0.1) is 0 Å². The monoisotopic (exact) mass is 223 g/mol. The van der Waals surface area contributed by atoms with Crippen LogP contribution in [-0.2, 0) is 16.1 Å². The second kappa shape index (κ2) is 6.19. The summed E-state index contributed by atoms with van der Waals surface area (Å²) in [6.45, 7) is 0.762. The first-order chi connectivity index (χ1) is 7.65. The van der Waals surface area contributed by atoms with Crippen LogP contribution in [0.15, 0.2) is 24.5 Å². The first-order valence-electron chi connectivity index (χ1n) is 5.03. The first-order valence-corrected chi connectivity index (χ1v) is 5.03. The van der Waals surface area contributed by atoms with Gasteiger partial charge in [-0.1, -0.05) is 0 Å². The van der Waals surface area contributed by atoms with Crippen LogP contribution in [-0.4, -0.2) is 42.6 Å². The standard InChI is InChI=1S/C11H17N3O2/c1-14(11(15)10(12)8-16-2)7-9-3-5-13-6-4-9/h3-6,10H,7-8,12H2,1-2H3. The van der Waals surface area contributed by atoms with Gasteiger partial charge in [0.15, 0.2) is 0 Å². The van der Waals surface area contributed by atoms with Crippen LogP contribution in [0, 0.1) is 0 Å². The highest BCUT2D eigenvalue weighted by molar-refractivity contribution is 5.81. The quantitative estimate of drug-likeness (QED) is 0.763. The Balaban J connectivity index is 2.52.